The fourth-order valence-corrected chi connectivity index (χ4v) is 3.48. The van der Waals surface area contributed by atoms with Crippen molar-refractivity contribution >= 4 is 5.91 Å². The van der Waals surface area contributed by atoms with Crippen LogP contribution in [-0.4, -0.2) is 46.7 Å². The largest absolute Gasteiger partial charge is 0.383 e. The standard InChI is InChI=1S/C20H28N4O2/c1-26-12-11-24-16-21-13-18(24)14-22-20(25)19-9-5-6-10-23(19)15-17-7-3-2-4-8-17/h2-4,7-8,13,16,19H,5-6,9-12,14-15H2,1H3,(H,22,25). The first kappa shape index (κ1) is 18.6. The molecule has 1 aliphatic heterocycles. The molecule has 0 radical (unpaired) electrons. The van der Waals surface area contributed by atoms with E-state index in [1.54, 1.807) is 19.6 Å². The second kappa shape index (κ2) is 9.50. The molecule has 1 aromatic heterocycles. The lowest BCUT2D eigenvalue weighted by molar-refractivity contribution is -0.128. The molecule has 6 nitrogen and oxygen atoms in total. The van der Waals surface area contributed by atoms with Crippen LogP contribution in [0.15, 0.2) is 42.9 Å². The topological polar surface area (TPSA) is 59.4 Å². The van der Waals surface area contributed by atoms with Gasteiger partial charge in [-0.3, -0.25) is 9.69 Å². The molecule has 26 heavy (non-hydrogen) atoms. The number of aromatic nitrogens is 2. The second-order valence-corrected chi connectivity index (χ2v) is 6.76. The third-order valence-electron chi connectivity index (χ3n) is 4.92. The van der Waals surface area contributed by atoms with E-state index in [2.05, 4.69) is 39.5 Å². The first-order valence-corrected chi connectivity index (χ1v) is 9.31. The van der Waals surface area contributed by atoms with Gasteiger partial charge in [-0.15, -0.1) is 0 Å². The predicted molar refractivity (Wildman–Crippen MR) is 100 cm³/mol. The van der Waals surface area contributed by atoms with Crippen LogP contribution in [0, 0.1) is 0 Å². The van der Waals surface area contributed by atoms with Gasteiger partial charge in [-0.25, -0.2) is 4.98 Å². The molecule has 1 unspecified atom stereocenters. The van der Waals surface area contributed by atoms with E-state index in [9.17, 15) is 4.79 Å². The number of ether oxygens (including phenoxy) is 1. The van der Waals surface area contributed by atoms with E-state index < -0.39 is 0 Å². The van der Waals surface area contributed by atoms with Crippen molar-refractivity contribution in [3.63, 3.8) is 0 Å². The summed E-state index contributed by atoms with van der Waals surface area (Å²) in [5, 5.41) is 3.11. The molecular weight excluding hydrogens is 328 g/mol. The molecule has 1 amide bonds. The van der Waals surface area contributed by atoms with Crippen molar-refractivity contribution in [3.05, 3.63) is 54.1 Å². The van der Waals surface area contributed by atoms with E-state index in [0.717, 1.165) is 44.6 Å². The lowest BCUT2D eigenvalue weighted by Gasteiger charge is -2.34. The number of carbonyl (C=O) groups is 1. The highest BCUT2D eigenvalue weighted by Crippen LogP contribution is 2.20. The minimum absolute atomic E-state index is 0.0562. The number of methoxy groups -OCH3 is 1. The number of nitrogens with one attached hydrogen (secondary N) is 1. The fourth-order valence-electron chi connectivity index (χ4n) is 3.48. The zero-order chi connectivity index (χ0) is 18.2. The summed E-state index contributed by atoms with van der Waals surface area (Å²) in [7, 11) is 1.68. The Morgan fingerprint density at radius 2 is 2.15 bits per heavy atom. The Hall–Kier alpha value is -2.18. The zero-order valence-electron chi connectivity index (χ0n) is 15.4. The van der Waals surface area contributed by atoms with Crippen LogP contribution in [0.4, 0.5) is 0 Å². The Morgan fingerprint density at radius 1 is 1.31 bits per heavy atom. The maximum absolute atomic E-state index is 12.8. The molecule has 0 bridgehead atoms. The Morgan fingerprint density at radius 3 is 2.96 bits per heavy atom. The van der Waals surface area contributed by atoms with Crippen molar-refractivity contribution in [2.24, 2.45) is 0 Å². The number of benzene rings is 1. The third kappa shape index (κ3) is 4.93. The summed E-state index contributed by atoms with van der Waals surface area (Å²) in [5.41, 5.74) is 2.26. The summed E-state index contributed by atoms with van der Waals surface area (Å²) < 4.78 is 7.14. The molecular formula is C20H28N4O2. The van der Waals surface area contributed by atoms with E-state index in [1.807, 2.05) is 10.6 Å². The number of hydrogen-bond donors (Lipinski definition) is 1. The van der Waals surface area contributed by atoms with Gasteiger partial charge < -0.3 is 14.6 Å². The second-order valence-electron chi connectivity index (χ2n) is 6.76. The highest BCUT2D eigenvalue weighted by Gasteiger charge is 2.28. The van der Waals surface area contributed by atoms with Crippen molar-refractivity contribution in [3.8, 4) is 0 Å². The van der Waals surface area contributed by atoms with Gasteiger partial charge >= 0.3 is 0 Å². The molecule has 0 aliphatic carbocycles. The van der Waals surface area contributed by atoms with Gasteiger partial charge in [0.15, 0.2) is 0 Å². The molecule has 140 valence electrons. The van der Waals surface area contributed by atoms with Gasteiger partial charge in [0, 0.05) is 26.4 Å². The molecule has 1 N–H and O–H groups in total. The first-order chi connectivity index (χ1) is 12.8. The lowest BCUT2D eigenvalue weighted by atomic mass is 10.0. The highest BCUT2D eigenvalue weighted by molar-refractivity contribution is 5.81. The number of nitrogens with zero attached hydrogens (tertiary/aromatic N) is 3. The SMILES string of the molecule is COCCn1cncc1CNC(=O)C1CCCCN1Cc1ccccc1. The Balaban J connectivity index is 1.57. The predicted octanol–water partition coefficient (Wildman–Crippen LogP) is 2.20. The minimum Gasteiger partial charge on any atom is -0.383 e. The smallest absolute Gasteiger partial charge is 0.237 e. The number of hydrogen-bond acceptors (Lipinski definition) is 4. The van der Waals surface area contributed by atoms with Crippen LogP contribution in [0.1, 0.15) is 30.5 Å². The first-order valence-electron chi connectivity index (χ1n) is 9.31. The van der Waals surface area contributed by atoms with Gasteiger partial charge in [0.25, 0.3) is 0 Å². The number of rotatable bonds is 8. The molecule has 2 aromatic rings. The number of carbonyl (C=O) groups excluding carboxylic acids is 1. The van der Waals surface area contributed by atoms with Crippen LogP contribution in [0.2, 0.25) is 0 Å². The quantitative estimate of drug-likeness (QED) is 0.788. The van der Waals surface area contributed by atoms with Crippen LogP contribution >= 0.6 is 0 Å². The molecule has 1 fully saturated rings. The average molecular weight is 356 g/mol. The van der Waals surface area contributed by atoms with Gasteiger partial charge in [-0.2, -0.15) is 0 Å². The number of imidazole rings is 1. The summed E-state index contributed by atoms with van der Waals surface area (Å²) in [4.78, 5) is 19.3. The van der Waals surface area contributed by atoms with Crippen molar-refractivity contribution in [2.45, 2.75) is 44.9 Å². The molecule has 0 spiro atoms. The van der Waals surface area contributed by atoms with Gasteiger partial charge in [0.1, 0.15) is 0 Å². The summed E-state index contributed by atoms with van der Waals surface area (Å²) >= 11 is 0. The summed E-state index contributed by atoms with van der Waals surface area (Å²) in [6, 6.07) is 10.3. The molecule has 6 heteroatoms. The summed E-state index contributed by atoms with van der Waals surface area (Å²) in [6.07, 6.45) is 6.76. The highest BCUT2D eigenvalue weighted by atomic mass is 16.5. The van der Waals surface area contributed by atoms with Gasteiger partial charge in [0.2, 0.25) is 5.91 Å². The maximum atomic E-state index is 12.8. The van der Waals surface area contributed by atoms with E-state index in [1.165, 1.54) is 5.56 Å². The molecule has 0 saturated carbocycles. The third-order valence-corrected chi connectivity index (χ3v) is 4.92. The van der Waals surface area contributed by atoms with E-state index in [4.69, 9.17) is 4.74 Å². The van der Waals surface area contributed by atoms with Gasteiger partial charge in [0.05, 0.1) is 31.2 Å². The maximum Gasteiger partial charge on any atom is 0.237 e. The minimum atomic E-state index is -0.0562. The van der Waals surface area contributed by atoms with Crippen LogP contribution in [0.3, 0.4) is 0 Å². The van der Waals surface area contributed by atoms with Gasteiger partial charge in [-0.05, 0) is 24.9 Å². The van der Waals surface area contributed by atoms with Gasteiger partial charge in [-0.1, -0.05) is 36.8 Å². The normalized spacial score (nSPS) is 18.0. The molecule has 1 atom stereocenters. The fraction of sp³-hybridized carbons (Fsp3) is 0.500. The number of likely N-dealkylation sites (tertiary alicyclic amines) is 1. The monoisotopic (exact) mass is 356 g/mol. The number of amides is 1. The van der Waals surface area contributed by atoms with E-state index >= 15 is 0 Å². The van der Waals surface area contributed by atoms with Crippen LogP contribution in [0.25, 0.3) is 0 Å². The number of piperidine rings is 1. The Kier molecular flexibility index (Phi) is 6.80. The van der Waals surface area contributed by atoms with Crippen LogP contribution in [-0.2, 0) is 29.2 Å². The molecule has 1 aromatic carbocycles. The summed E-state index contributed by atoms with van der Waals surface area (Å²) in [5.74, 6) is 0.111. The molecule has 2 heterocycles. The van der Waals surface area contributed by atoms with Crippen molar-refractivity contribution in [1.82, 2.24) is 19.8 Å². The van der Waals surface area contributed by atoms with Crippen molar-refractivity contribution in [1.29, 1.82) is 0 Å². The van der Waals surface area contributed by atoms with Crippen LogP contribution in [0.5, 0.6) is 0 Å². The Labute approximate surface area is 155 Å². The van der Waals surface area contributed by atoms with E-state index in [0.29, 0.717) is 13.2 Å². The van der Waals surface area contributed by atoms with Crippen LogP contribution < -0.4 is 5.32 Å². The average Bonchev–Trinajstić information content (AvgIpc) is 3.13. The van der Waals surface area contributed by atoms with Crippen molar-refractivity contribution < 1.29 is 9.53 Å². The summed E-state index contributed by atoms with van der Waals surface area (Å²) in [6.45, 7) is 3.66. The lowest BCUT2D eigenvalue weighted by Crippen LogP contribution is -2.48. The Bertz CT molecular complexity index is 686. The van der Waals surface area contributed by atoms with Crippen molar-refractivity contribution in [2.75, 3.05) is 20.3 Å². The van der Waals surface area contributed by atoms with E-state index in [-0.39, 0.29) is 11.9 Å². The molecule has 1 saturated heterocycles. The zero-order valence-corrected chi connectivity index (χ0v) is 15.4. The molecule has 1 aliphatic rings. The molecule has 3 rings (SSSR count).